The summed E-state index contributed by atoms with van der Waals surface area (Å²) in [6.07, 6.45) is 4.31. The Bertz CT molecular complexity index is 1480. The zero-order valence-corrected chi connectivity index (χ0v) is 19.9. The number of amides is 1. The normalized spacial score (nSPS) is 11.4. The van der Waals surface area contributed by atoms with Crippen molar-refractivity contribution in [2.24, 2.45) is 0 Å². The van der Waals surface area contributed by atoms with Gasteiger partial charge in [0.2, 0.25) is 5.91 Å². The molecule has 0 bridgehead atoms. The molecule has 5 aromatic rings. The molecule has 170 valence electrons. The molecule has 0 aliphatic carbocycles. The zero-order valence-electron chi connectivity index (χ0n) is 19.9. The molecule has 0 aliphatic heterocycles. The van der Waals surface area contributed by atoms with Gasteiger partial charge < -0.3 is 9.88 Å². The van der Waals surface area contributed by atoms with Crippen LogP contribution in [0.15, 0.2) is 85.2 Å². The van der Waals surface area contributed by atoms with Crippen LogP contribution in [0.5, 0.6) is 0 Å². The SMILES string of the molecule is Cc1ccc(CNC(=O)Cc2cn(C(C)C)c3ccc(-c4ccc5ncccc5c4)cc23)cc1. The number of aryl methyl sites for hydroxylation is 1. The average molecular weight is 448 g/mol. The van der Waals surface area contributed by atoms with Crippen LogP contribution in [-0.4, -0.2) is 15.5 Å². The van der Waals surface area contributed by atoms with Gasteiger partial charge in [0.1, 0.15) is 0 Å². The van der Waals surface area contributed by atoms with Gasteiger partial charge in [-0.25, -0.2) is 0 Å². The number of hydrogen-bond acceptors (Lipinski definition) is 2. The van der Waals surface area contributed by atoms with E-state index in [0.29, 0.717) is 19.0 Å². The molecule has 0 aliphatic rings. The second kappa shape index (κ2) is 9.14. The number of nitrogens with one attached hydrogen (secondary N) is 1. The molecule has 2 aromatic heterocycles. The maximum Gasteiger partial charge on any atom is 0.224 e. The summed E-state index contributed by atoms with van der Waals surface area (Å²) in [5.41, 5.74) is 7.81. The molecule has 1 amide bonds. The highest BCUT2D eigenvalue weighted by Gasteiger charge is 2.15. The summed E-state index contributed by atoms with van der Waals surface area (Å²) in [6, 6.07) is 25.5. The van der Waals surface area contributed by atoms with E-state index in [2.05, 4.69) is 109 Å². The molecular weight excluding hydrogens is 418 g/mol. The number of aromatic nitrogens is 2. The van der Waals surface area contributed by atoms with Crippen molar-refractivity contribution in [2.45, 2.75) is 39.8 Å². The van der Waals surface area contributed by atoms with Gasteiger partial charge >= 0.3 is 0 Å². The van der Waals surface area contributed by atoms with Crippen molar-refractivity contribution in [1.29, 1.82) is 0 Å². The van der Waals surface area contributed by atoms with E-state index in [1.807, 2.05) is 12.3 Å². The fraction of sp³-hybridized carbons (Fsp3) is 0.200. The Morgan fingerprint density at radius 1 is 0.971 bits per heavy atom. The van der Waals surface area contributed by atoms with E-state index in [-0.39, 0.29) is 5.91 Å². The summed E-state index contributed by atoms with van der Waals surface area (Å²) in [7, 11) is 0. The second-order valence-corrected chi connectivity index (χ2v) is 9.24. The molecule has 1 N–H and O–H groups in total. The lowest BCUT2D eigenvalue weighted by Gasteiger charge is -2.10. The van der Waals surface area contributed by atoms with Crippen molar-refractivity contribution in [3.63, 3.8) is 0 Å². The van der Waals surface area contributed by atoms with Crippen LogP contribution in [0, 0.1) is 6.92 Å². The quantitative estimate of drug-likeness (QED) is 0.319. The van der Waals surface area contributed by atoms with Crippen LogP contribution in [0.2, 0.25) is 0 Å². The Labute approximate surface area is 200 Å². The highest BCUT2D eigenvalue weighted by molar-refractivity contribution is 5.93. The molecule has 0 radical (unpaired) electrons. The van der Waals surface area contributed by atoms with Crippen LogP contribution in [0.3, 0.4) is 0 Å². The number of pyridine rings is 1. The summed E-state index contributed by atoms with van der Waals surface area (Å²) in [5, 5.41) is 5.33. The van der Waals surface area contributed by atoms with Gasteiger partial charge in [0, 0.05) is 41.3 Å². The molecule has 4 heteroatoms. The summed E-state index contributed by atoms with van der Waals surface area (Å²) < 4.78 is 2.26. The van der Waals surface area contributed by atoms with Crippen molar-refractivity contribution in [2.75, 3.05) is 0 Å². The summed E-state index contributed by atoms with van der Waals surface area (Å²) in [4.78, 5) is 17.3. The minimum Gasteiger partial charge on any atom is -0.352 e. The Balaban J connectivity index is 1.45. The predicted octanol–water partition coefficient (Wildman–Crippen LogP) is 6.60. The van der Waals surface area contributed by atoms with E-state index in [4.69, 9.17) is 0 Å². The van der Waals surface area contributed by atoms with Gasteiger partial charge in [0.25, 0.3) is 0 Å². The van der Waals surface area contributed by atoms with E-state index in [1.54, 1.807) is 0 Å². The lowest BCUT2D eigenvalue weighted by Crippen LogP contribution is -2.24. The minimum absolute atomic E-state index is 0.0329. The molecule has 0 spiro atoms. The van der Waals surface area contributed by atoms with E-state index in [9.17, 15) is 4.79 Å². The fourth-order valence-electron chi connectivity index (χ4n) is 4.47. The molecule has 0 unspecified atom stereocenters. The minimum atomic E-state index is 0.0329. The third-order valence-electron chi connectivity index (χ3n) is 6.37. The number of hydrogen-bond donors (Lipinski definition) is 1. The van der Waals surface area contributed by atoms with Crippen molar-refractivity contribution < 1.29 is 4.79 Å². The molecule has 0 saturated heterocycles. The molecule has 3 aromatic carbocycles. The van der Waals surface area contributed by atoms with Gasteiger partial charge in [-0.1, -0.05) is 48.0 Å². The van der Waals surface area contributed by atoms with Crippen LogP contribution in [-0.2, 0) is 17.8 Å². The number of carbonyl (C=O) groups is 1. The van der Waals surface area contributed by atoms with Gasteiger partial charge in [-0.3, -0.25) is 9.78 Å². The van der Waals surface area contributed by atoms with Crippen LogP contribution in [0.1, 0.15) is 36.6 Å². The van der Waals surface area contributed by atoms with Crippen molar-refractivity contribution in [1.82, 2.24) is 14.9 Å². The lowest BCUT2D eigenvalue weighted by molar-refractivity contribution is -0.120. The number of benzene rings is 3. The van der Waals surface area contributed by atoms with Gasteiger partial charge in [0.05, 0.1) is 11.9 Å². The first kappa shape index (κ1) is 21.9. The standard InChI is InChI=1S/C30H29N3O/c1-20(2)33-19-26(17-30(34)32-18-22-8-6-21(3)7-9-22)27-16-24(11-13-29(27)33)23-10-12-28-25(15-23)5-4-14-31-28/h4-16,19-20H,17-18H2,1-3H3,(H,32,34). The fourth-order valence-corrected chi connectivity index (χ4v) is 4.47. The number of rotatable bonds is 6. The largest absolute Gasteiger partial charge is 0.352 e. The maximum atomic E-state index is 12.8. The van der Waals surface area contributed by atoms with Crippen LogP contribution >= 0.6 is 0 Å². The number of fused-ring (bicyclic) bond motifs is 2. The topological polar surface area (TPSA) is 46.9 Å². The number of nitrogens with zero attached hydrogens (tertiary/aromatic N) is 2. The van der Waals surface area contributed by atoms with E-state index in [1.165, 1.54) is 5.56 Å². The highest BCUT2D eigenvalue weighted by atomic mass is 16.1. The van der Waals surface area contributed by atoms with Crippen molar-refractivity contribution >= 4 is 27.7 Å². The van der Waals surface area contributed by atoms with Crippen molar-refractivity contribution in [3.05, 3.63) is 102 Å². The highest BCUT2D eigenvalue weighted by Crippen LogP contribution is 2.31. The van der Waals surface area contributed by atoms with Crippen LogP contribution < -0.4 is 5.32 Å². The molecule has 4 nitrogen and oxygen atoms in total. The number of carbonyl (C=O) groups excluding carboxylic acids is 1. The Hall–Kier alpha value is -3.92. The second-order valence-electron chi connectivity index (χ2n) is 9.24. The van der Waals surface area contributed by atoms with Gasteiger partial charge in [-0.15, -0.1) is 0 Å². The summed E-state index contributed by atoms with van der Waals surface area (Å²) in [5.74, 6) is 0.0329. The van der Waals surface area contributed by atoms with Crippen LogP contribution in [0.25, 0.3) is 32.9 Å². The van der Waals surface area contributed by atoms with E-state index >= 15 is 0 Å². The van der Waals surface area contributed by atoms with Gasteiger partial charge in [0.15, 0.2) is 0 Å². The third-order valence-corrected chi connectivity index (χ3v) is 6.37. The first-order valence-electron chi connectivity index (χ1n) is 11.8. The van der Waals surface area contributed by atoms with Gasteiger partial charge in [-0.05, 0) is 73.4 Å². The van der Waals surface area contributed by atoms with E-state index in [0.717, 1.165) is 44.1 Å². The molecule has 0 atom stereocenters. The smallest absolute Gasteiger partial charge is 0.224 e. The predicted molar refractivity (Wildman–Crippen MR) is 140 cm³/mol. The average Bonchev–Trinajstić information content (AvgIpc) is 3.21. The zero-order chi connectivity index (χ0) is 23.7. The Morgan fingerprint density at radius 3 is 2.53 bits per heavy atom. The Morgan fingerprint density at radius 2 is 1.74 bits per heavy atom. The first-order chi connectivity index (χ1) is 16.5. The Kier molecular flexibility index (Phi) is 5.89. The monoisotopic (exact) mass is 447 g/mol. The molecule has 34 heavy (non-hydrogen) atoms. The van der Waals surface area contributed by atoms with E-state index < -0.39 is 0 Å². The molecular formula is C30H29N3O. The molecule has 0 saturated carbocycles. The van der Waals surface area contributed by atoms with Crippen molar-refractivity contribution in [3.8, 4) is 11.1 Å². The van der Waals surface area contributed by atoms with Gasteiger partial charge in [-0.2, -0.15) is 0 Å². The molecule has 5 rings (SSSR count). The molecule has 2 heterocycles. The summed E-state index contributed by atoms with van der Waals surface area (Å²) in [6.45, 7) is 6.95. The lowest BCUT2D eigenvalue weighted by atomic mass is 10.00. The molecule has 0 fully saturated rings. The maximum absolute atomic E-state index is 12.8. The van der Waals surface area contributed by atoms with Crippen LogP contribution in [0.4, 0.5) is 0 Å². The first-order valence-corrected chi connectivity index (χ1v) is 11.8. The summed E-state index contributed by atoms with van der Waals surface area (Å²) >= 11 is 0. The third kappa shape index (κ3) is 4.44.